The van der Waals surface area contributed by atoms with Gasteiger partial charge in [0.05, 0.1) is 11.0 Å². The lowest BCUT2D eigenvalue weighted by Crippen LogP contribution is -2.35. The van der Waals surface area contributed by atoms with Gasteiger partial charge in [0, 0.05) is 41.9 Å². The van der Waals surface area contributed by atoms with Gasteiger partial charge in [0.2, 0.25) is 0 Å². The zero-order valence-corrected chi connectivity index (χ0v) is 12.5. The molecular formula is C16H19N5. The maximum absolute atomic E-state index is 4.45. The minimum atomic E-state index is 0.0871. The zero-order valence-electron chi connectivity index (χ0n) is 12.5. The van der Waals surface area contributed by atoms with E-state index in [2.05, 4.69) is 46.0 Å². The van der Waals surface area contributed by atoms with Crippen molar-refractivity contribution in [1.29, 1.82) is 0 Å². The van der Waals surface area contributed by atoms with Gasteiger partial charge in [-0.2, -0.15) is 0 Å². The van der Waals surface area contributed by atoms with Gasteiger partial charge in [-0.15, -0.1) is 0 Å². The molecule has 0 atom stereocenters. The van der Waals surface area contributed by atoms with Gasteiger partial charge in [-0.05, 0) is 39.0 Å². The van der Waals surface area contributed by atoms with Crippen molar-refractivity contribution >= 4 is 11.0 Å². The first-order valence-electron chi connectivity index (χ1n) is 7.01. The molecule has 2 heterocycles. The van der Waals surface area contributed by atoms with Crippen molar-refractivity contribution in [2.45, 2.75) is 32.9 Å². The standard InChI is InChI=1S/C16H19N5/c1-16(2,3)20-10-12-9-19-15(21-12)11-4-5-13-14(8-11)18-7-6-17-13/h4-9,20H,10H2,1-3H3,(H,19,21). The molecule has 3 rings (SSSR count). The van der Waals surface area contributed by atoms with Crippen molar-refractivity contribution in [2.75, 3.05) is 0 Å². The Labute approximate surface area is 123 Å². The van der Waals surface area contributed by atoms with E-state index in [9.17, 15) is 0 Å². The normalized spacial score (nSPS) is 12.0. The zero-order chi connectivity index (χ0) is 14.9. The summed E-state index contributed by atoms with van der Waals surface area (Å²) < 4.78 is 0. The van der Waals surface area contributed by atoms with E-state index in [1.807, 2.05) is 24.4 Å². The van der Waals surface area contributed by atoms with Gasteiger partial charge in [0.25, 0.3) is 0 Å². The van der Waals surface area contributed by atoms with Crippen molar-refractivity contribution in [1.82, 2.24) is 25.3 Å². The van der Waals surface area contributed by atoms with E-state index in [4.69, 9.17) is 0 Å². The minimum absolute atomic E-state index is 0.0871. The van der Waals surface area contributed by atoms with Crippen LogP contribution in [0.4, 0.5) is 0 Å². The Morgan fingerprint density at radius 3 is 2.57 bits per heavy atom. The van der Waals surface area contributed by atoms with Crippen LogP contribution in [0.15, 0.2) is 36.8 Å². The average molecular weight is 281 g/mol. The van der Waals surface area contributed by atoms with Crippen LogP contribution in [0.2, 0.25) is 0 Å². The summed E-state index contributed by atoms with van der Waals surface area (Å²) in [7, 11) is 0. The predicted molar refractivity (Wildman–Crippen MR) is 83.7 cm³/mol. The summed E-state index contributed by atoms with van der Waals surface area (Å²) in [5.41, 5.74) is 3.94. The van der Waals surface area contributed by atoms with Gasteiger partial charge in [0.15, 0.2) is 0 Å². The van der Waals surface area contributed by atoms with E-state index in [-0.39, 0.29) is 5.54 Å². The summed E-state index contributed by atoms with van der Waals surface area (Å²) in [6.07, 6.45) is 5.27. The molecular weight excluding hydrogens is 262 g/mol. The second-order valence-electron chi connectivity index (χ2n) is 6.12. The van der Waals surface area contributed by atoms with Crippen LogP contribution in [0, 0.1) is 0 Å². The van der Waals surface area contributed by atoms with Crippen LogP contribution in [0.1, 0.15) is 26.5 Å². The van der Waals surface area contributed by atoms with Crippen molar-refractivity contribution in [2.24, 2.45) is 0 Å². The number of hydrogen-bond acceptors (Lipinski definition) is 4. The molecule has 108 valence electrons. The first-order valence-corrected chi connectivity index (χ1v) is 7.01. The summed E-state index contributed by atoms with van der Waals surface area (Å²) in [6, 6.07) is 5.98. The first-order chi connectivity index (χ1) is 10.0. The summed E-state index contributed by atoms with van der Waals surface area (Å²) in [5, 5.41) is 3.44. The van der Waals surface area contributed by atoms with Gasteiger partial charge in [-0.3, -0.25) is 9.97 Å². The van der Waals surface area contributed by atoms with Crippen molar-refractivity contribution < 1.29 is 0 Å². The summed E-state index contributed by atoms with van der Waals surface area (Å²) in [4.78, 5) is 16.4. The monoisotopic (exact) mass is 281 g/mol. The van der Waals surface area contributed by atoms with Gasteiger partial charge in [0.1, 0.15) is 5.82 Å². The largest absolute Gasteiger partial charge is 0.341 e. The molecule has 0 aliphatic heterocycles. The van der Waals surface area contributed by atoms with E-state index in [1.165, 1.54) is 0 Å². The molecule has 0 fully saturated rings. The third-order valence-corrected chi connectivity index (χ3v) is 3.18. The van der Waals surface area contributed by atoms with Crippen molar-refractivity contribution in [3.05, 3.63) is 42.5 Å². The molecule has 0 radical (unpaired) electrons. The third-order valence-electron chi connectivity index (χ3n) is 3.18. The Bertz CT molecular complexity index is 754. The van der Waals surface area contributed by atoms with Crippen LogP contribution in [-0.2, 0) is 6.54 Å². The highest BCUT2D eigenvalue weighted by atomic mass is 15.0. The number of nitrogens with one attached hydrogen (secondary N) is 2. The molecule has 1 aromatic carbocycles. The minimum Gasteiger partial charge on any atom is -0.341 e. The Kier molecular flexibility index (Phi) is 3.43. The molecule has 2 N–H and O–H groups in total. The third kappa shape index (κ3) is 3.25. The molecule has 0 saturated heterocycles. The average Bonchev–Trinajstić information content (AvgIpc) is 2.93. The number of hydrogen-bond donors (Lipinski definition) is 2. The molecule has 2 aromatic heterocycles. The predicted octanol–water partition coefficient (Wildman–Crippen LogP) is 2.91. The maximum atomic E-state index is 4.45. The molecule has 5 heteroatoms. The summed E-state index contributed by atoms with van der Waals surface area (Å²) >= 11 is 0. The molecule has 0 bridgehead atoms. The quantitative estimate of drug-likeness (QED) is 0.774. The number of aromatic nitrogens is 4. The van der Waals surface area contributed by atoms with Crippen LogP contribution in [0.3, 0.4) is 0 Å². The number of imidazole rings is 1. The Balaban J connectivity index is 1.84. The molecule has 0 amide bonds. The molecule has 0 spiro atoms. The van der Waals surface area contributed by atoms with Crippen LogP contribution < -0.4 is 5.32 Å². The lowest BCUT2D eigenvalue weighted by Gasteiger charge is -2.19. The maximum Gasteiger partial charge on any atom is 0.137 e. The number of rotatable bonds is 3. The highest BCUT2D eigenvalue weighted by Crippen LogP contribution is 2.20. The lowest BCUT2D eigenvalue weighted by molar-refractivity contribution is 0.422. The molecule has 0 unspecified atom stereocenters. The number of H-pyrrole nitrogens is 1. The van der Waals surface area contributed by atoms with Gasteiger partial charge < -0.3 is 10.3 Å². The van der Waals surface area contributed by atoms with Gasteiger partial charge in [-0.1, -0.05) is 0 Å². The van der Waals surface area contributed by atoms with Crippen LogP contribution in [0.25, 0.3) is 22.4 Å². The second-order valence-corrected chi connectivity index (χ2v) is 6.12. The number of benzene rings is 1. The molecule has 3 aromatic rings. The molecule has 0 saturated carbocycles. The van der Waals surface area contributed by atoms with Gasteiger partial charge in [-0.25, -0.2) is 4.98 Å². The Morgan fingerprint density at radius 2 is 1.81 bits per heavy atom. The van der Waals surface area contributed by atoms with Crippen molar-refractivity contribution in [3.8, 4) is 11.4 Å². The van der Waals surface area contributed by atoms with Gasteiger partial charge >= 0.3 is 0 Å². The fraction of sp³-hybridized carbons (Fsp3) is 0.312. The van der Waals surface area contributed by atoms with E-state index >= 15 is 0 Å². The van der Waals surface area contributed by atoms with Crippen molar-refractivity contribution in [3.63, 3.8) is 0 Å². The second kappa shape index (κ2) is 5.26. The molecule has 21 heavy (non-hydrogen) atoms. The van der Waals surface area contributed by atoms with E-state index in [0.717, 1.165) is 34.7 Å². The van der Waals surface area contributed by atoms with Crippen LogP contribution in [0.5, 0.6) is 0 Å². The molecule has 0 aliphatic carbocycles. The smallest absolute Gasteiger partial charge is 0.137 e. The van der Waals surface area contributed by atoms with Crippen LogP contribution >= 0.6 is 0 Å². The van der Waals surface area contributed by atoms with Crippen LogP contribution in [-0.4, -0.2) is 25.5 Å². The van der Waals surface area contributed by atoms with E-state index in [1.54, 1.807) is 12.4 Å². The SMILES string of the molecule is CC(C)(C)NCc1cnc(-c2ccc3nccnc3c2)[nH]1. The lowest BCUT2D eigenvalue weighted by atomic mass is 10.1. The highest BCUT2D eigenvalue weighted by Gasteiger charge is 2.10. The number of aromatic amines is 1. The fourth-order valence-corrected chi connectivity index (χ4v) is 2.07. The van der Waals surface area contributed by atoms with E-state index in [0.29, 0.717) is 0 Å². The number of nitrogens with zero attached hydrogens (tertiary/aromatic N) is 3. The molecule has 5 nitrogen and oxygen atoms in total. The topological polar surface area (TPSA) is 66.5 Å². The fourth-order valence-electron chi connectivity index (χ4n) is 2.07. The van der Waals surface area contributed by atoms with E-state index < -0.39 is 0 Å². The summed E-state index contributed by atoms with van der Waals surface area (Å²) in [6.45, 7) is 7.20. The molecule has 0 aliphatic rings. The Morgan fingerprint density at radius 1 is 1.05 bits per heavy atom. The first kappa shape index (κ1) is 13.7. The summed E-state index contributed by atoms with van der Waals surface area (Å²) in [5.74, 6) is 0.855. The number of fused-ring (bicyclic) bond motifs is 1. The highest BCUT2D eigenvalue weighted by molar-refractivity contribution is 5.79. The Hall–Kier alpha value is -2.27.